The van der Waals surface area contributed by atoms with Gasteiger partial charge >= 0.3 is 5.97 Å². The molecular weight excluding hydrogens is 358 g/mol. The number of nitrogens with zero attached hydrogens (tertiary/aromatic N) is 4. The zero-order valence-electron chi connectivity index (χ0n) is 15.5. The first-order chi connectivity index (χ1) is 13.7. The van der Waals surface area contributed by atoms with Crippen molar-refractivity contribution in [3.8, 4) is 11.4 Å². The molecule has 1 aromatic heterocycles. The van der Waals surface area contributed by atoms with Gasteiger partial charge in [-0.2, -0.15) is 4.80 Å². The van der Waals surface area contributed by atoms with Crippen LogP contribution in [0.15, 0.2) is 60.7 Å². The highest BCUT2D eigenvalue weighted by molar-refractivity contribution is 5.84. The molecule has 8 nitrogen and oxygen atoms in total. The Kier molecular flexibility index (Phi) is 6.46. The summed E-state index contributed by atoms with van der Waals surface area (Å²) in [6, 6.07) is 18.0. The number of hydrogen-bond donors (Lipinski definition) is 1. The Morgan fingerprint density at radius 1 is 1.07 bits per heavy atom. The van der Waals surface area contributed by atoms with Crippen molar-refractivity contribution in [2.45, 2.75) is 25.9 Å². The van der Waals surface area contributed by atoms with Crippen molar-refractivity contribution in [3.05, 3.63) is 66.2 Å². The zero-order valence-corrected chi connectivity index (χ0v) is 15.5. The Labute approximate surface area is 162 Å². The average molecular weight is 379 g/mol. The monoisotopic (exact) mass is 379 g/mol. The third-order valence-corrected chi connectivity index (χ3v) is 3.96. The summed E-state index contributed by atoms with van der Waals surface area (Å²) in [5.41, 5.74) is 1.73. The molecule has 1 amide bonds. The molecule has 0 radical (unpaired) electrons. The lowest BCUT2D eigenvalue weighted by atomic mass is 10.1. The first-order valence-corrected chi connectivity index (χ1v) is 8.99. The third kappa shape index (κ3) is 5.23. The van der Waals surface area contributed by atoms with Gasteiger partial charge in [-0.05, 0) is 17.7 Å². The number of ether oxygens (including phenoxy) is 1. The van der Waals surface area contributed by atoms with Crippen molar-refractivity contribution in [2.24, 2.45) is 0 Å². The number of aromatic nitrogens is 4. The molecule has 3 aromatic rings. The Bertz CT molecular complexity index is 912. The fraction of sp³-hybridized carbons (Fsp3) is 0.250. The van der Waals surface area contributed by atoms with Crippen molar-refractivity contribution < 1.29 is 14.3 Å². The molecule has 0 aliphatic heterocycles. The molecule has 0 aliphatic carbocycles. The summed E-state index contributed by atoms with van der Waals surface area (Å²) in [6.45, 7) is 1.82. The van der Waals surface area contributed by atoms with Crippen molar-refractivity contribution in [3.63, 3.8) is 0 Å². The van der Waals surface area contributed by atoms with E-state index in [1.165, 1.54) is 4.80 Å². The molecule has 2 aromatic carbocycles. The minimum absolute atomic E-state index is 0.148. The summed E-state index contributed by atoms with van der Waals surface area (Å²) in [7, 11) is 0. The van der Waals surface area contributed by atoms with Crippen LogP contribution in [0.1, 0.15) is 12.5 Å². The predicted octanol–water partition coefficient (Wildman–Crippen LogP) is 1.63. The Morgan fingerprint density at radius 3 is 2.43 bits per heavy atom. The quantitative estimate of drug-likeness (QED) is 0.597. The number of carbonyl (C=O) groups is 2. The lowest BCUT2D eigenvalue weighted by molar-refractivity contribution is -0.147. The maximum Gasteiger partial charge on any atom is 0.328 e. The second-order valence-electron chi connectivity index (χ2n) is 6.07. The second kappa shape index (κ2) is 9.40. The second-order valence-corrected chi connectivity index (χ2v) is 6.07. The molecule has 28 heavy (non-hydrogen) atoms. The first-order valence-electron chi connectivity index (χ1n) is 8.99. The number of amides is 1. The molecule has 0 saturated heterocycles. The van der Waals surface area contributed by atoms with Crippen molar-refractivity contribution in [1.82, 2.24) is 25.5 Å². The molecule has 144 valence electrons. The summed E-state index contributed by atoms with van der Waals surface area (Å²) in [6.07, 6.45) is 0.339. The Balaban J connectivity index is 1.65. The van der Waals surface area contributed by atoms with Crippen LogP contribution in [0.4, 0.5) is 0 Å². The van der Waals surface area contributed by atoms with Gasteiger partial charge in [0.25, 0.3) is 0 Å². The molecule has 3 rings (SSSR count). The average Bonchev–Trinajstić information content (AvgIpc) is 3.17. The normalized spacial score (nSPS) is 11.6. The van der Waals surface area contributed by atoms with E-state index in [2.05, 4.69) is 20.7 Å². The van der Waals surface area contributed by atoms with Crippen LogP contribution in [-0.2, 0) is 27.3 Å². The van der Waals surface area contributed by atoms with Crippen LogP contribution in [0.5, 0.6) is 0 Å². The molecule has 1 N–H and O–H groups in total. The van der Waals surface area contributed by atoms with Gasteiger partial charge in [-0.25, -0.2) is 4.79 Å². The molecule has 0 fully saturated rings. The summed E-state index contributed by atoms with van der Waals surface area (Å²) in [5.74, 6) is -0.443. The Hall–Kier alpha value is -3.55. The third-order valence-electron chi connectivity index (χ3n) is 3.96. The number of rotatable bonds is 8. The zero-order chi connectivity index (χ0) is 19.8. The van der Waals surface area contributed by atoms with Gasteiger partial charge in [0.2, 0.25) is 11.7 Å². The molecule has 1 atom stereocenters. The molecular formula is C20H21N5O3. The summed E-state index contributed by atoms with van der Waals surface area (Å²) < 4.78 is 5.09. The van der Waals surface area contributed by atoms with Crippen molar-refractivity contribution in [1.29, 1.82) is 0 Å². The van der Waals surface area contributed by atoms with Crippen LogP contribution in [-0.4, -0.2) is 44.7 Å². The van der Waals surface area contributed by atoms with E-state index in [-0.39, 0.29) is 13.2 Å². The van der Waals surface area contributed by atoms with Crippen LogP contribution >= 0.6 is 0 Å². The van der Waals surface area contributed by atoms with E-state index in [0.717, 1.165) is 11.1 Å². The van der Waals surface area contributed by atoms with Crippen LogP contribution in [0, 0.1) is 0 Å². The molecule has 0 unspecified atom stereocenters. The summed E-state index contributed by atoms with van der Waals surface area (Å²) in [5, 5.41) is 14.8. The standard InChI is InChI=1S/C20H21N5O3/c1-2-28-20(27)17(13-15-9-5-3-6-10-15)21-18(26)14-25-23-19(22-24-25)16-11-7-4-8-12-16/h3-12,17H,2,13-14H2,1H3,(H,21,26)/t17-/m1/s1. The number of benzene rings is 2. The molecule has 8 heteroatoms. The Morgan fingerprint density at radius 2 is 1.75 bits per heavy atom. The molecule has 0 saturated carbocycles. The molecule has 0 spiro atoms. The number of esters is 1. The minimum atomic E-state index is -0.785. The van der Waals surface area contributed by atoms with Gasteiger partial charge in [-0.15, -0.1) is 10.2 Å². The van der Waals surface area contributed by atoms with Crippen LogP contribution in [0.2, 0.25) is 0 Å². The summed E-state index contributed by atoms with van der Waals surface area (Å²) in [4.78, 5) is 25.9. The molecule has 0 bridgehead atoms. The van der Waals surface area contributed by atoms with E-state index < -0.39 is 17.9 Å². The highest BCUT2D eigenvalue weighted by atomic mass is 16.5. The fourth-order valence-electron chi connectivity index (χ4n) is 2.67. The number of hydrogen-bond acceptors (Lipinski definition) is 6. The lowest BCUT2D eigenvalue weighted by Crippen LogP contribution is -2.44. The predicted molar refractivity (Wildman–Crippen MR) is 102 cm³/mol. The van der Waals surface area contributed by atoms with E-state index in [9.17, 15) is 9.59 Å². The maximum atomic E-state index is 12.4. The number of tetrazole rings is 1. The highest BCUT2D eigenvalue weighted by Crippen LogP contribution is 2.11. The maximum absolute atomic E-state index is 12.4. The van der Waals surface area contributed by atoms with E-state index in [0.29, 0.717) is 12.2 Å². The number of nitrogens with one attached hydrogen (secondary N) is 1. The minimum Gasteiger partial charge on any atom is -0.464 e. The van der Waals surface area contributed by atoms with E-state index in [1.807, 2.05) is 60.7 Å². The van der Waals surface area contributed by atoms with Crippen molar-refractivity contribution in [2.75, 3.05) is 6.61 Å². The highest BCUT2D eigenvalue weighted by Gasteiger charge is 2.23. The van der Waals surface area contributed by atoms with Crippen molar-refractivity contribution >= 4 is 11.9 Å². The SMILES string of the molecule is CCOC(=O)[C@@H](Cc1ccccc1)NC(=O)Cn1nnc(-c2ccccc2)n1. The smallest absolute Gasteiger partial charge is 0.328 e. The van der Waals surface area contributed by atoms with E-state index in [4.69, 9.17) is 4.74 Å². The van der Waals surface area contributed by atoms with E-state index in [1.54, 1.807) is 6.92 Å². The van der Waals surface area contributed by atoms with Gasteiger partial charge in [0.05, 0.1) is 6.61 Å². The van der Waals surface area contributed by atoms with Gasteiger partial charge in [0, 0.05) is 12.0 Å². The fourth-order valence-corrected chi connectivity index (χ4v) is 2.67. The topological polar surface area (TPSA) is 99.0 Å². The van der Waals surface area contributed by atoms with Gasteiger partial charge in [0.15, 0.2) is 0 Å². The van der Waals surface area contributed by atoms with Gasteiger partial charge in [0.1, 0.15) is 12.6 Å². The van der Waals surface area contributed by atoms with Crippen LogP contribution in [0.25, 0.3) is 11.4 Å². The molecule has 1 heterocycles. The first kappa shape index (κ1) is 19.2. The van der Waals surface area contributed by atoms with E-state index >= 15 is 0 Å². The van der Waals surface area contributed by atoms with Crippen LogP contribution in [0.3, 0.4) is 0 Å². The lowest BCUT2D eigenvalue weighted by Gasteiger charge is -2.17. The van der Waals surface area contributed by atoms with Crippen LogP contribution < -0.4 is 5.32 Å². The summed E-state index contributed by atoms with van der Waals surface area (Å²) >= 11 is 0. The van der Waals surface area contributed by atoms with Gasteiger partial charge < -0.3 is 10.1 Å². The largest absolute Gasteiger partial charge is 0.464 e. The van der Waals surface area contributed by atoms with Gasteiger partial charge in [-0.1, -0.05) is 60.7 Å². The van der Waals surface area contributed by atoms with Gasteiger partial charge in [-0.3, -0.25) is 4.79 Å². The number of carbonyl (C=O) groups excluding carboxylic acids is 2. The molecule has 0 aliphatic rings.